The molecule has 0 aliphatic carbocycles. The average molecular weight is 2000 g/mol. The summed E-state index contributed by atoms with van der Waals surface area (Å²) in [5.74, 6) is 0. The van der Waals surface area contributed by atoms with E-state index in [0.717, 1.165) is 0 Å². The molecule has 0 aliphatic rings. The fraction of sp³-hybridized carbons (Fsp3) is 0. The molecule has 20 heteroatoms. The van der Waals surface area contributed by atoms with Gasteiger partial charge in [0.05, 0.1) is 0 Å². The van der Waals surface area contributed by atoms with Crippen molar-refractivity contribution in [1.29, 1.82) is 0 Å². The standard InChI is InChI=1S/10O.10W/q10*-2;;;;;;;;;;. The van der Waals surface area contributed by atoms with Crippen LogP contribution < -0.4 is 0 Å². The van der Waals surface area contributed by atoms with Crippen LogP contribution in [0.3, 0.4) is 0 Å². The van der Waals surface area contributed by atoms with E-state index in [9.17, 15) is 0 Å². The Kier molecular flexibility index (Phi) is 7440. The largest absolute Gasteiger partial charge is 2.00 e. The van der Waals surface area contributed by atoms with E-state index >= 15 is 0 Å². The second kappa shape index (κ2) is 363. The van der Waals surface area contributed by atoms with Crippen molar-refractivity contribution in [2.24, 2.45) is 0 Å². The van der Waals surface area contributed by atoms with Crippen LogP contribution in [0.2, 0.25) is 0 Å². The molecule has 20 heavy (non-hydrogen) atoms. The van der Waals surface area contributed by atoms with Crippen molar-refractivity contribution in [3.05, 3.63) is 0 Å². The maximum Gasteiger partial charge on any atom is 0 e. The third-order valence-electron chi connectivity index (χ3n) is 0. The molecule has 0 unspecified atom stereocenters. The van der Waals surface area contributed by atoms with Crippen molar-refractivity contribution in [1.82, 2.24) is 0 Å². The van der Waals surface area contributed by atoms with Gasteiger partial charge in [0, 0.05) is 211 Å². The van der Waals surface area contributed by atoms with Crippen LogP contribution >= 0.6 is 0 Å². The van der Waals surface area contributed by atoms with Gasteiger partial charge in [-0.05, 0) is 0 Å². The molecule has 0 rings (SSSR count). The molecule has 0 aromatic heterocycles. The van der Waals surface area contributed by atoms with E-state index in [1.807, 2.05) is 0 Å². The van der Waals surface area contributed by atoms with E-state index in [2.05, 4.69) is 0 Å². The molecule has 0 heterocycles. The first-order chi connectivity index (χ1) is 0. The van der Waals surface area contributed by atoms with E-state index in [-0.39, 0.29) is 265 Å². The molecule has 0 aliphatic heterocycles. The minimum atomic E-state index is 0. The maximum absolute atomic E-state index is 0. The fourth-order valence-electron chi connectivity index (χ4n) is 0. The van der Waals surface area contributed by atoms with E-state index in [0.29, 0.717) is 0 Å². The molecule has 0 aromatic carbocycles. The molecule has 0 saturated heterocycles. The minimum Gasteiger partial charge on any atom is -2.00 e. The van der Waals surface area contributed by atoms with Crippen LogP contribution in [-0.4, -0.2) is 0 Å². The van der Waals surface area contributed by atoms with Crippen LogP contribution in [0.1, 0.15) is 0 Å². The van der Waals surface area contributed by atoms with Gasteiger partial charge in [0.2, 0.25) is 0 Å². The van der Waals surface area contributed by atoms with Gasteiger partial charge in [0.25, 0.3) is 0 Å². The number of hydrogen-bond acceptors (Lipinski definition) is 0. The second-order valence-corrected chi connectivity index (χ2v) is 0. The first kappa shape index (κ1) is 409. The summed E-state index contributed by atoms with van der Waals surface area (Å²) >= 11 is 0. The van der Waals surface area contributed by atoms with Crippen LogP contribution in [0, 0.1) is 0 Å². The zero-order valence-corrected chi connectivity index (χ0v) is 37.5. The molecule has 10 nitrogen and oxygen atoms in total. The molecule has 140 valence electrons. The summed E-state index contributed by atoms with van der Waals surface area (Å²) < 4.78 is 0. The van der Waals surface area contributed by atoms with E-state index in [1.165, 1.54) is 0 Å². The Morgan fingerprint density at radius 2 is 0.100 bits per heavy atom. The molecule has 0 radical (unpaired) electrons. The minimum absolute atomic E-state index is 0. The Bertz CT molecular complexity index is 20.0. The first-order valence-corrected chi connectivity index (χ1v) is 0. The molecule has 0 N–H and O–H groups in total. The summed E-state index contributed by atoms with van der Waals surface area (Å²) in [4.78, 5) is 0. The number of hydrogen-bond donors (Lipinski definition) is 0. The molecule has 0 fully saturated rings. The van der Waals surface area contributed by atoms with Crippen LogP contribution in [0.15, 0.2) is 0 Å². The van der Waals surface area contributed by atoms with Crippen molar-refractivity contribution in [2.45, 2.75) is 0 Å². The van der Waals surface area contributed by atoms with Gasteiger partial charge in [-0.25, -0.2) is 0 Å². The van der Waals surface area contributed by atoms with Gasteiger partial charge < -0.3 is 54.8 Å². The summed E-state index contributed by atoms with van der Waals surface area (Å²) in [5, 5.41) is 0. The maximum atomic E-state index is 0. The molecule has 0 aromatic rings. The van der Waals surface area contributed by atoms with Crippen LogP contribution in [-0.2, 0) is 265 Å². The topological polar surface area (TPSA) is 285 Å². The summed E-state index contributed by atoms with van der Waals surface area (Å²) in [6, 6.07) is 0. The molecule has 0 atom stereocenters. The summed E-state index contributed by atoms with van der Waals surface area (Å²) in [6.45, 7) is 0. The summed E-state index contributed by atoms with van der Waals surface area (Å²) in [7, 11) is 0. The third-order valence-corrected chi connectivity index (χ3v) is 0. The van der Waals surface area contributed by atoms with Crippen molar-refractivity contribution >= 4 is 0 Å². The van der Waals surface area contributed by atoms with Gasteiger partial charge in [-0.1, -0.05) is 0 Å². The van der Waals surface area contributed by atoms with Gasteiger partial charge in [0.1, 0.15) is 0 Å². The van der Waals surface area contributed by atoms with Crippen molar-refractivity contribution in [2.75, 3.05) is 0 Å². The van der Waals surface area contributed by atoms with Crippen molar-refractivity contribution in [3.8, 4) is 0 Å². The zero-order chi connectivity index (χ0) is 0. The zero-order valence-electron chi connectivity index (χ0n) is 8.16. The predicted octanol–water partition coefficient (Wildman–Crippen LogP) is -1.21. The van der Waals surface area contributed by atoms with Crippen LogP contribution in [0.25, 0.3) is 0 Å². The predicted molar refractivity (Wildman–Crippen MR) is 6.86 cm³/mol. The second-order valence-electron chi connectivity index (χ2n) is 0. The molecular formula is O10W10-20. The Morgan fingerprint density at radius 3 is 0.100 bits per heavy atom. The fourth-order valence-corrected chi connectivity index (χ4v) is 0. The monoisotopic (exact) mass is 2000 g/mol. The van der Waals surface area contributed by atoms with Gasteiger partial charge >= 0.3 is 0 Å². The van der Waals surface area contributed by atoms with Crippen molar-refractivity contribution in [3.63, 3.8) is 0 Å². The average Bonchev–Trinajstić information content (AvgIpc) is 0. The Balaban J connectivity index is 0. The molecule has 0 spiro atoms. The van der Waals surface area contributed by atoms with Gasteiger partial charge in [-0.3, -0.25) is 0 Å². The smallest absolute Gasteiger partial charge is 0 e. The molecular weight excluding hydrogens is 2000 g/mol. The Morgan fingerprint density at radius 1 is 0.100 bits per heavy atom. The summed E-state index contributed by atoms with van der Waals surface area (Å²) in [5.41, 5.74) is 0. The van der Waals surface area contributed by atoms with E-state index in [4.69, 9.17) is 0 Å². The normalized spacial score (nSPS) is 0. The van der Waals surface area contributed by atoms with E-state index in [1.54, 1.807) is 0 Å². The molecule has 0 amide bonds. The Hall–Kier alpha value is 6.48. The third kappa shape index (κ3) is 321. The van der Waals surface area contributed by atoms with Gasteiger partial charge in [-0.2, -0.15) is 0 Å². The molecule has 0 saturated carbocycles. The van der Waals surface area contributed by atoms with Crippen LogP contribution in [0.4, 0.5) is 0 Å². The first-order valence-electron chi connectivity index (χ1n) is 0. The molecule has 0 bridgehead atoms. The SMILES string of the molecule is [O-2].[O-2].[O-2].[O-2].[O-2].[O-2].[O-2].[O-2].[O-2].[O-2].[W].[W].[W].[W].[W].[W].[W].[W].[W].[W]. The van der Waals surface area contributed by atoms with E-state index < -0.39 is 0 Å². The van der Waals surface area contributed by atoms with Crippen LogP contribution in [0.5, 0.6) is 0 Å². The van der Waals surface area contributed by atoms with Gasteiger partial charge in [0.15, 0.2) is 0 Å². The van der Waals surface area contributed by atoms with Gasteiger partial charge in [-0.15, -0.1) is 0 Å². The Labute approximate surface area is 260 Å². The number of rotatable bonds is 0. The summed E-state index contributed by atoms with van der Waals surface area (Å²) in [6.07, 6.45) is 0. The quantitative estimate of drug-likeness (QED) is 0.276. The van der Waals surface area contributed by atoms with Crippen molar-refractivity contribution < 1.29 is 265 Å².